The van der Waals surface area contributed by atoms with Crippen LogP contribution in [0.1, 0.15) is 16.1 Å². The summed E-state index contributed by atoms with van der Waals surface area (Å²) in [5.41, 5.74) is 4.15. The first-order chi connectivity index (χ1) is 17.1. The van der Waals surface area contributed by atoms with E-state index in [0.29, 0.717) is 15.6 Å². The van der Waals surface area contributed by atoms with Gasteiger partial charge in [-0.25, -0.2) is 4.68 Å². The Balaban J connectivity index is 1.40. The zero-order valence-corrected chi connectivity index (χ0v) is 20.3. The Labute approximate surface area is 216 Å². The van der Waals surface area contributed by atoms with Gasteiger partial charge in [0.2, 0.25) is 0 Å². The molecule has 2 heterocycles. The molecule has 0 radical (unpaired) electrons. The maximum Gasteiger partial charge on any atom is 0.435 e. The van der Waals surface area contributed by atoms with E-state index in [1.54, 1.807) is 23.6 Å². The molecule has 4 rings (SSSR count). The van der Waals surface area contributed by atoms with E-state index in [1.807, 2.05) is 0 Å². The van der Waals surface area contributed by atoms with E-state index in [2.05, 4.69) is 16.0 Å². The van der Waals surface area contributed by atoms with Crippen LogP contribution < -0.4 is 15.6 Å². The van der Waals surface area contributed by atoms with Gasteiger partial charge in [-0.05, 0) is 60.0 Å². The summed E-state index contributed by atoms with van der Waals surface area (Å²) in [5.74, 6) is -1.05. The van der Waals surface area contributed by atoms with E-state index in [0.717, 1.165) is 10.7 Å². The number of hydrazine groups is 1. The molecule has 0 saturated carbocycles. The van der Waals surface area contributed by atoms with Gasteiger partial charge < -0.3 is 4.74 Å². The third-order valence-corrected chi connectivity index (χ3v) is 6.14. The number of amides is 2. The second kappa shape index (κ2) is 10.6. The second-order valence-corrected chi connectivity index (χ2v) is 9.01. The van der Waals surface area contributed by atoms with Crippen LogP contribution in [0.4, 0.5) is 13.2 Å². The largest absolute Gasteiger partial charge is 0.482 e. The molecule has 2 amide bonds. The molecule has 2 aromatic carbocycles. The summed E-state index contributed by atoms with van der Waals surface area (Å²) >= 11 is 13.0. The molecule has 0 aliphatic carbocycles. The molecule has 13 heteroatoms. The number of thiophene rings is 1. The Morgan fingerprint density at radius 2 is 1.78 bits per heavy atom. The number of nitrogens with one attached hydrogen (secondary N) is 2. The zero-order valence-electron chi connectivity index (χ0n) is 18.0. The highest BCUT2D eigenvalue weighted by molar-refractivity contribution is 7.13. The molecule has 2 aromatic heterocycles. The minimum Gasteiger partial charge on any atom is -0.482 e. The number of ether oxygens (including phenoxy) is 1. The Morgan fingerprint density at radius 1 is 1.03 bits per heavy atom. The molecule has 0 fully saturated rings. The van der Waals surface area contributed by atoms with Crippen molar-refractivity contribution < 1.29 is 27.5 Å². The van der Waals surface area contributed by atoms with Crippen LogP contribution in [-0.4, -0.2) is 28.2 Å². The number of alkyl halides is 3. The van der Waals surface area contributed by atoms with Crippen molar-refractivity contribution in [1.29, 1.82) is 0 Å². The molecular formula is C23H15Cl2F3N4O3S. The second-order valence-electron chi connectivity index (χ2n) is 7.21. The van der Waals surface area contributed by atoms with Crippen molar-refractivity contribution in [2.24, 2.45) is 0 Å². The summed E-state index contributed by atoms with van der Waals surface area (Å²) in [7, 11) is 0. The number of hydrogen-bond donors (Lipinski definition) is 2. The number of rotatable bonds is 6. The molecule has 0 saturated heterocycles. The molecule has 36 heavy (non-hydrogen) atoms. The predicted octanol–water partition coefficient (Wildman–Crippen LogP) is 5.77. The molecule has 4 aromatic rings. The van der Waals surface area contributed by atoms with Crippen LogP contribution in [0.2, 0.25) is 10.0 Å². The normalized spacial score (nSPS) is 11.2. The molecular weight excluding hydrogens is 540 g/mol. The maximum atomic E-state index is 13.3. The molecule has 0 aliphatic rings. The molecule has 0 aliphatic heterocycles. The number of hydrogen-bond acceptors (Lipinski definition) is 5. The lowest BCUT2D eigenvalue weighted by Crippen LogP contribution is -2.43. The lowest BCUT2D eigenvalue weighted by molar-refractivity contribution is -0.141. The molecule has 0 unspecified atom stereocenters. The average molecular weight is 555 g/mol. The van der Waals surface area contributed by atoms with Crippen LogP contribution in [0.25, 0.3) is 16.3 Å². The van der Waals surface area contributed by atoms with Crippen LogP contribution >= 0.6 is 34.5 Å². The molecule has 0 atom stereocenters. The van der Waals surface area contributed by atoms with Gasteiger partial charge >= 0.3 is 6.18 Å². The summed E-state index contributed by atoms with van der Waals surface area (Å²) < 4.78 is 46.2. The van der Waals surface area contributed by atoms with Crippen LogP contribution in [0.3, 0.4) is 0 Å². The predicted molar refractivity (Wildman–Crippen MR) is 129 cm³/mol. The molecule has 7 nitrogen and oxygen atoms in total. The highest BCUT2D eigenvalue weighted by Gasteiger charge is 2.35. The van der Waals surface area contributed by atoms with Crippen molar-refractivity contribution in [2.45, 2.75) is 6.18 Å². The quantitative estimate of drug-likeness (QED) is 0.296. The van der Waals surface area contributed by atoms with Gasteiger partial charge in [-0.15, -0.1) is 11.3 Å². The van der Waals surface area contributed by atoms with Gasteiger partial charge in [-0.3, -0.25) is 20.4 Å². The first-order valence-electron chi connectivity index (χ1n) is 10.1. The van der Waals surface area contributed by atoms with Crippen LogP contribution in [0.15, 0.2) is 66.0 Å². The standard InChI is InChI=1S/C23H15Cl2F3N4O3S/c24-14-5-8-18(16(25)10-14)35-12-21(33)29-30-22(34)13-3-6-15(7-4-13)32-17(19-2-1-9-36-19)11-20(31-32)23(26,27)28/h1-11H,12H2,(H,29,33)(H,30,34). The summed E-state index contributed by atoms with van der Waals surface area (Å²) in [4.78, 5) is 25.0. The molecule has 0 spiro atoms. The molecule has 2 N–H and O–H groups in total. The fourth-order valence-electron chi connectivity index (χ4n) is 3.04. The van der Waals surface area contributed by atoms with Gasteiger partial charge in [0.1, 0.15) is 5.75 Å². The Hall–Kier alpha value is -3.54. The topological polar surface area (TPSA) is 85.3 Å². The maximum absolute atomic E-state index is 13.3. The van der Waals surface area contributed by atoms with Crippen LogP contribution in [-0.2, 0) is 11.0 Å². The van der Waals surface area contributed by atoms with E-state index in [9.17, 15) is 22.8 Å². The van der Waals surface area contributed by atoms with Gasteiger partial charge in [0.05, 0.1) is 21.3 Å². The van der Waals surface area contributed by atoms with Crippen molar-refractivity contribution >= 4 is 46.4 Å². The number of aromatic nitrogens is 2. The lowest BCUT2D eigenvalue weighted by Gasteiger charge is -2.11. The van der Waals surface area contributed by atoms with Crippen molar-refractivity contribution in [3.8, 4) is 22.0 Å². The van der Waals surface area contributed by atoms with Gasteiger partial charge in [-0.2, -0.15) is 18.3 Å². The minimum atomic E-state index is -4.61. The van der Waals surface area contributed by atoms with Gasteiger partial charge in [0, 0.05) is 10.6 Å². The summed E-state index contributed by atoms with van der Waals surface area (Å²) in [6.45, 7) is -0.424. The Kier molecular flexibility index (Phi) is 7.53. The summed E-state index contributed by atoms with van der Waals surface area (Å²) in [6.07, 6.45) is -4.61. The van der Waals surface area contributed by atoms with E-state index in [-0.39, 0.29) is 22.0 Å². The zero-order chi connectivity index (χ0) is 25.9. The highest BCUT2D eigenvalue weighted by Crippen LogP contribution is 2.34. The number of benzene rings is 2. The summed E-state index contributed by atoms with van der Waals surface area (Å²) in [6, 6.07) is 14.6. The number of carbonyl (C=O) groups is 2. The van der Waals surface area contributed by atoms with E-state index < -0.39 is 30.3 Å². The highest BCUT2D eigenvalue weighted by atomic mass is 35.5. The first kappa shape index (κ1) is 25.5. The number of nitrogens with zero attached hydrogens (tertiary/aromatic N) is 2. The molecule has 186 valence electrons. The first-order valence-corrected chi connectivity index (χ1v) is 11.7. The minimum absolute atomic E-state index is 0.154. The van der Waals surface area contributed by atoms with Crippen LogP contribution in [0.5, 0.6) is 5.75 Å². The van der Waals surface area contributed by atoms with Gasteiger partial charge in [0.25, 0.3) is 11.8 Å². The van der Waals surface area contributed by atoms with E-state index in [4.69, 9.17) is 27.9 Å². The van der Waals surface area contributed by atoms with E-state index >= 15 is 0 Å². The Morgan fingerprint density at radius 3 is 2.42 bits per heavy atom. The SMILES string of the molecule is O=C(COc1ccc(Cl)cc1Cl)NNC(=O)c1ccc(-n2nc(C(F)(F)F)cc2-c2cccs2)cc1. The monoisotopic (exact) mass is 554 g/mol. The number of carbonyl (C=O) groups excluding carboxylic acids is 2. The number of halogens is 5. The van der Waals surface area contributed by atoms with Crippen LogP contribution in [0, 0.1) is 0 Å². The van der Waals surface area contributed by atoms with E-state index in [1.165, 1.54) is 47.7 Å². The van der Waals surface area contributed by atoms with Crippen molar-refractivity contribution in [2.75, 3.05) is 6.61 Å². The lowest BCUT2D eigenvalue weighted by atomic mass is 10.2. The van der Waals surface area contributed by atoms with Crippen molar-refractivity contribution in [1.82, 2.24) is 20.6 Å². The smallest absolute Gasteiger partial charge is 0.435 e. The van der Waals surface area contributed by atoms with Gasteiger partial charge in [0.15, 0.2) is 12.3 Å². The Bertz CT molecular complexity index is 1390. The van der Waals surface area contributed by atoms with Gasteiger partial charge in [-0.1, -0.05) is 29.3 Å². The van der Waals surface area contributed by atoms with Crippen molar-refractivity contribution in [3.63, 3.8) is 0 Å². The average Bonchev–Trinajstić information content (AvgIpc) is 3.52. The fraction of sp³-hybridized carbons (Fsp3) is 0.0870. The third-order valence-electron chi connectivity index (χ3n) is 4.72. The third kappa shape index (κ3) is 5.99. The molecule has 0 bridgehead atoms. The summed E-state index contributed by atoms with van der Waals surface area (Å²) in [5, 5.41) is 6.09. The fourth-order valence-corrected chi connectivity index (χ4v) is 4.23. The van der Waals surface area contributed by atoms with Crippen molar-refractivity contribution in [3.05, 3.63) is 87.3 Å².